The maximum Gasteiger partial charge on any atom is 0.0462 e. The van der Waals surface area contributed by atoms with E-state index in [0.29, 0.717) is 17.7 Å². The van der Waals surface area contributed by atoms with Gasteiger partial charge in [0.1, 0.15) is 0 Å². The first-order chi connectivity index (χ1) is 6.13. The molecule has 0 radical (unpaired) electrons. The maximum absolute atomic E-state index is 5.97. The standard InChI is InChI=1S/C10H20Cl2O/c1-9(2)10(7-11,8-12)5-4-6-13-3/h9H,4-8H2,1-3H3. The van der Waals surface area contributed by atoms with Gasteiger partial charge in [0.05, 0.1) is 0 Å². The Morgan fingerprint density at radius 2 is 1.77 bits per heavy atom. The summed E-state index contributed by atoms with van der Waals surface area (Å²) in [4.78, 5) is 0. The van der Waals surface area contributed by atoms with Crippen LogP contribution in [0.1, 0.15) is 26.7 Å². The summed E-state index contributed by atoms with van der Waals surface area (Å²) in [5.74, 6) is 1.80. The zero-order valence-corrected chi connectivity index (χ0v) is 10.3. The van der Waals surface area contributed by atoms with Gasteiger partial charge >= 0.3 is 0 Å². The SMILES string of the molecule is COCCCC(CCl)(CCl)C(C)C. The minimum atomic E-state index is 0.0850. The van der Waals surface area contributed by atoms with Crippen molar-refractivity contribution in [3.63, 3.8) is 0 Å². The fraction of sp³-hybridized carbons (Fsp3) is 1.00. The van der Waals surface area contributed by atoms with Crippen molar-refractivity contribution in [2.75, 3.05) is 25.5 Å². The molecule has 1 nitrogen and oxygen atoms in total. The van der Waals surface area contributed by atoms with Crippen molar-refractivity contribution in [3.05, 3.63) is 0 Å². The Balaban J connectivity index is 4.06. The summed E-state index contributed by atoms with van der Waals surface area (Å²) >= 11 is 11.9. The van der Waals surface area contributed by atoms with Crippen molar-refractivity contribution in [1.82, 2.24) is 0 Å². The number of halogens is 2. The zero-order valence-electron chi connectivity index (χ0n) is 8.78. The van der Waals surface area contributed by atoms with Gasteiger partial charge in [0, 0.05) is 25.5 Å². The second-order valence-electron chi connectivity index (χ2n) is 3.88. The number of alkyl halides is 2. The fourth-order valence-corrected chi connectivity index (χ4v) is 2.51. The molecule has 80 valence electrons. The van der Waals surface area contributed by atoms with Crippen LogP contribution in [0, 0.1) is 11.3 Å². The Morgan fingerprint density at radius 3 is 2.08 bits per heavy atom. The van der Waals surface area contributed by atoms with Crippen LogP contribution >= 0.6 is 23.2 Å². The lowest BCUT2D eigenvalue weighted by atomic mass is 9.77. The molecule has 0 bridgehead atoms. The number of ether oxygens (including phenoxy) is 1. The molecule has 0 unspecified atom stereocenters. The third kappa shape index (κ3) is 4.05. The van der Waals surface area contributed by atoms with E-state index in [9.17, 15) is 0 Å². The average Bonchev–Trinajstić information content (AvgIpc) is 2.13. The normalized spacial score (nSPS) is 12.5. The molecular weight excluding hydrogens is 207 g/mol. The largest absolute Gasteiger partial charge is 0.385 e. The van der Waals surface area contributed by atoms with Gasteiger partial charge in [-0.05, 0) is 24.2 Å². The topological polar surface area (TPSA) is 9.23 Å². The van der Waals surface area contributed by atoms with Gasteiger partial charge in [0.25, 0.3) is 0 Å². The molecule has 0 aliphatic heterocycles. The predicted molar refractivity (Wildman–Crippen MR) is 59.8 cm³/mol. The van der Waals surface area contributed by atoms with Crippen LogP contribution in [0.15, 0.2) is 0 Å². The molecule has 0 heterocycles. The maximum atomic E-state index is 5.97. The van der Waals surface area contributed by atoms with E-state index < -0.39 is 0 Å². The van der Waals surface area contributed by atoms with E-state index in [1.165, 1.54) is 0 Å². The van der Waals surface area contributed by atoms with Crippen LogP contribution in [-0.2, 0) is 4.74 Å². The summed E-state index contributed by atoms with van der Waals surface area (Å²) in [5.41, 5.74) is 0.0850. The summed E-state index contributed by atoms with van der Waals surface area (Å²) in [5, 5.41) is 0. The zero-order chi connectivity index (χ0) is 10.3. The molecule has 0 aromatic heterocycles. The van der Waals surface area contributed by atoms with Crippen LogP contribution in [0.25, 0.3) is 0 Å². The van der Waals surface area contributed by atoms with Crippen molar-refractivity contribution < 1.29 is 4.74 Å². The fourth-order valence-electron chi connectivity index (χ4n) is 1.34. The van der Waals surface area contributed by atoms with Crippen molar-refractivity contribution in [1.29, 1.82) is 0 Å². The lowest BCUT2D eigenvalue weighted by Gasteiger charge is -2.33. The number of hydrogen-bond donors (Lipinski definition) is 0. The predicted octanol–water partition coefficient (Wildman–Crippen LogP) is 3.53. The molecule has 3 heteroatoms. The summed E-state index contributed by atoms with van der Waals surface area (Å²) in [7, 11) is 1.72. The molecule has 0 atom stereocenters. The molecule has 0 aromatic carbocycles. The molecule has 0 saturated heterocycles. The molecule has 0 fully saturated rings. The van der Waals surface area contributed by atoms with Gasteiger partial charge in [-0.2, -0.15) is 0 Å². The number of methoxy groups -OCH3 is 1. The molecule has 0 N–H and O–H groups in total. The van der Waals surface area contributed by atoms with E-state index >= 15 is 0 Å². The van der Waals surface area contributed by atoms with Gasteiger partial charge < -0.3 is 4.74 Å². The summed E-state index contributed by atoms with van der Waals surface area (Å²) in [6.07, 6.45) is 2.08. The number of rotatable bonds is 7. The molecule has 0 aliphatic carbocycles. The Bertz CT molecular complexity index is 122. The highest BCUT2D eigenvalue weighted by Gasteiger charge is 2.31. The highest BCUT2D eigenvalue weighted by molar-refractivity contribution is 6.21. The highest BCUT2D eigenvalue weighted by atomic mass is 35.5. The van der Waals surface area contributed by atoms with E-state index in [0.717, 1.165) is 19.4 Å². The minimum Gasteiger partial charge on any atom is -0.385 e. The first kappa shape index (κ1) is 13.5. The van der Waals surface area contributed by atoms with Crippen LogP contribution in [-0.4, -0.2) is 25.5 Å². The lowest BCUT2D eigenvalue weighted by molar-refractivity contribution is 0.160. The van der Waals surface area contributed by atoms with Crippen LogP contribution in [0.2, 0.25) is 0 Å². The van der Waals surface area contributed by atoms with Crippen molar-refractivity contribution >= 4 is 23.2 Å². The van der Waals surface area contributed by atoms with Crippen LogP contribution in [0.5, 0.6) is 0 Å². The van der Waals surface area contributed by atoms with E-state index in [-0.39, 0.29) is 5.41 Å². The highest BCUT2D eigenvalue weighted by Crippen LogP contribution is 2.35. The second-order valence-corrected chi connectivity index (χ2v) is 4.42. The third-order valence-electron chi connectivity index (χ3n) is 2.78. The minimum absolute atomic E-state index is 0.0850. The van der Waals surface area contributed by atoms with Gasteiger partial charge in [-0.25, -0.2) is 0 Å². The monoisotopic (exact) mass is 226 g/mol. The summed E-state index contributed by atoms with van der Waals surface area (Å²) in [6, 6.07) is 0. The van der Waals surface area contributed by atoms with Crippen molar-refractivity contribution in [3.8, 4) is 0 Å². The lowest BCUT2D eigenvalue weighted by Crippen LogP contribution is -2.31. The quantitative estimate of drug-likeness (QED) is 0.477. The van der Waals surface area contributed by atoms with Gasteiger partial charge in [0.2, 0.25) is 0 Å². The van der Waals surface area contributed by atoms with E-state index in [1.807, 2.05) is 0 Å². The molecular formula is C10H20Cl2O. The van der Waals surface area contributed by atoms with Gasteiger partial charge in [-0.1, -0.05) is 13.8 Å². The Morgan fingerprint density at radius 1 is 1.23 bits per heavy atom. The van der Waals surface area contributed by atoms with E-state index in [2.05, 4.69) is 13.8 Å². The first-order valence-electron chi connectivity index (χ1n) is 4.74. The van der Waals surface area contributed by atoms with Crippen molar-refractivity contribution in [2.24, 2.45) is 11.3 Å². The van der Waals surface area contributed by atoms with Crippen molar-refractivity contribution in [2.45, 2.75) is 26.7 Å². The van der Waals surface area contributed by atoms with Gasteiger partial charge in [-0.3, -0.25) is 0 Å². The molecule has 0 amide bonds. The smallest absolute Gasteiger partial charge is 0.0462 e. The van der Waals surface area contributed by atoms with E-state index in [4.69, 9.17) is 27.9 Å². The molecule has 0 saturated carbocycles. The molecule has 0 spiro atoms. The number of hydrogen-bond acceptors (Lipinski definition) is 1. The first-order valence-corrected chi connectivity index (χ1v) is 5.80. The van der Waals surface area contributed by atoms with Gasteiger partial charge in [0.15, 0.2) is 0 Å². The Hall–Kier alpha value is 0.540. The van der Waals surface area contributed by atoms with E-state index in [1.54, 1.807) is 7.11 Å². The molecule has 0 aromatic rings. The third-order valence-corrected chi connectivity index (χ3v) is 3.84. The Labute approximate surface area is 91.7 Å². The van der Waals surface area contributed by atoms with Crippen LogP contribution in [0.4, 0.5) is 0 Å². The second kappa shape index (κ2) is 6.92. The molecule has 13 heavy (non-hydrogen) atoms. The summed E-state index contributed by atoms with van der Waals surface area (Å²) < 4.78 is 5.02. The Kier molecular flexibility index (Phi) is 7.20. The average molecular weight is 227 g/mol. The molecule has 0 rings (SSSR count). The van der Waals surface area contributed by atoms with Crippen LogP contribution in [0.3, 0.4) is 0 Å². The summed E-state index contributed by atoms with van der Waals surface area (Å²) in [6.45, 7) is 5.15. The van der Waals surface area contributed by atoms with Crippen LogP contribution < -0.4 is 0 Å². The molecule has 0 aliphatic rings. The van der Waals surface area contributed by atoms with Gasteiger partial charge in [-0.15, -0.1) is 23.2 Å².